The van der Waals surface area contributed by atoms with Crippen LogP contribution in [0.2, 0.25) is 0 Å². The highest BCUT2D eigenvalue weighted by molar-refractivity contribution is 4.20. The van der Waals surface area contributed by atoms with Crippen LogP contribution in [-0.2, 0) is 4.89 Å². The first kappa shape index (κ1) is 11.9. The van der Waals surface area contributed by atoms with Crippen molar-refractivity contribution in [1.82, 2.24) is 0 Å². The van der Waals surface area contributed by atoms with Crippen molar-refractivity contribution in [2.75, 3.05) is 34.3 Å². The second-order valence-electron chi connectivity index (χ2n) is 2.85. The first-order chi connectivity index (χ1) is 3.56. The minimum Gasteiger partial charge on any atom is -1.00 e. The zero-order chi connectivity index (χ0) is 6.62. The minimum atomic E-state index is 0. The van der Waals surface area contributed by atoms with Crippen molar-refractivity contribution in [1.29, 1.82) is 0 Å². The summed E-state index contributed by atoms with van der Waals surface area (Å²) in [6.45, 7) is 1.24. The summed E-state index contributed by atoms with van der Waals surface area (Å²) in [5, 5.41) is 7.92. The van der Waals surface area contributed by atoms with Crippen LogP contribution < -0.4 is 12.4 Å². The van der Waals surface area contributed by atoms with Gasteiger partial charge in [-0.1, -0.05) is 0 Å². The van der Waals surface area contributed by atoms with Crippen molar-refractivity contribution < 1.29 is 27.0 Å². The van der Waals surface area contributed by atoms with Crippen LogP contribution in [-0.4, -0.2) is 44.0 Å². The number of hydrogen-bond acceptors (Lipinski definition) is 2. The topological polar surface area (TPSA) is 29.5 Å². The van der Waals surface area contributed by atoms with Gasteiger partial charge in [-0.05, 0) is 0 Å². The van der Waals surface area contributed by atoms with E-state index in [0.717, 1.165) is 11.0 Å². The Bertz CT molecular complexity index is 62.5. The Balaban J connectivity index is 0. The molecule has 0 aliphatic heterocycles. The van der Waals surface area contributed by atoms with Gasteiger partial charge in [0.15, 0.2) is 0 Å². The average Bonchev–Trinajstić information content (AvgIpc) is 1.59. The molecule has 0 aromatic carbocycles. The van der Waals surface area contributed by atoms with Crippen LogP contribution in [0.25, 0.3) is 0 Å². The quantitative estimate of drug-likeness (QED) is 0.271. The lowest BCUT2D eigenvalue weighted by molar-refractivity contribution is -0.871. The Morgan fingerprint density at radius 1 is 1.33 bits per heavy atom. The first-order valence-electron chi connectivity index (χ1n) is 2.63. The van der Waals surface area contributed by atoms with Crippen LogP contribution >= 0.6 is 0 Å². The van der Waals surface area contributed by atoms with E-state index in [9.17, 15) is 0 Å². The van der Waals surface area contributed by atoms with E-state index in [-0.39, 0.29) is 12.4 Å². The van der Waals surface area contributed by atoms with Gasteiger partial charge in [-0.2, -0.15) is 0 Å². The third-order valence-electron chi connectivity index (χ3n) is 0.853. The lowest BCUT2D eigenvalue weighted by atomic mass is 10.5. The van der Waals surface area contributed by atoms with Crippen molar-refractivity contribution in [2.24, 2.45) is 0 Å². The van der Waals surface area contributed by atoms with Gasteiger partial charge in [0, 0.05) is 0 Å². The summed E-state index contributed by atoms with van der Waals surface area (Å²) in [4.78, 5) is 3.90. The molecule has 0 saturated heterocycles. The van der Waals surface area contributed by atoms with Gasteiger partial charge in [0.1, 0.15) is 13.2 Å². The SMILES string of the molecule is C[N+](C)(C)CCOO.[Cl-]. The van der Waals surface area contributed by atoms with Gasteiger partial charge in [0.25, 0.3) is 0 Å². The maximum Gasteiger partial charge on any atom is 0.131 e. The fourth-order valence-corrected chi connectivity index (χ4v) is 0.315. The third-order valence-corrected chi connectivity index (χ3v) is 0.853. The zero-order valence-electron chi connectivity index (χ0n) is 6.09. The predicted octanol–water partition coefficient (Wildman–Crippen LogP) is -2.81. The van der Waals surface area contributed by atoms with Gasteiger partial charge in [-0.15, -0.1) is 0 Å². The van der Waals surface area contributed by atoms with Gasteiger partial charge < -0.3 is 16.9 Å². The molecule has 9 heavy (non-hydrogen) atoms. The number of quaternary nitrogens is 1. The zero-order valence-corrected chi connectivity index (χ0v) is 6.85. The average molecular weight is 156 g/mol. The van der Waals surface area contributed by atoms with Crippen LogP contribution in [0.3, 0.4) is 0 Å². The fraction of sp³-hybridized carbons (Fsp3) is 1.00. The Morgan fingerprint density at radius 2 is 1.78 bits per heavy atom. The normalized spacial score (nSPS) is 10.7. The molecular formula is C5H14ClNO2. The number of nitrogens with zero attached hydrogens (tertiary/aromatic N) is 1. The van der Waals surface area contributed by atoms with Crippen molar-refractivity contribution in [3.8, 4) is 0 Å². The fourth-order valence-electron chi connectivity index (χ4n) is 0.315. The largest absolute Gasteiger partial charge is 1.00 e. The molecule has 0 spiro atoms. The molecule has 4 heteroatoms. The molecule has 0 aliphatic carbocycles. The van der Waals surface area contributed by atoms with E-state index in [1.807, 2.05) is 21.1 Å². The first-order valence-corrected chi connectivity index (χ1v) is 2.63. The van der Waals surface area contributed by atoms with E-state index in [4.69, 9.17) is 5.26 Å². The van der Waals surface area contributed by atoms with Gasteiger partial charge in [0.05, 0.1) is 21.1 Å². The van der Waals surface area contributed by atoms with Gasteiger partial charge in [-0.25, -0.2) is 4.89 Å². The summed E-state index contributed by atoms with van der Waals surface area (Å²) < 4.78 is 0.820. The van der Waals surface area contributed by atoms with Crippen molar-refractivity contribution >= 4 is 0 Å². The smallest absolute Gasteiger partial charge is 0.131 e. The van der Waals surface area contributed by atoms with Crippen molar-refractivity contribution in [3.05, 3.63) is 0 Å². The van der Waals surface area contributed by atoms with E-state index in [1.54, 1.807) is 0 Å². The Kier molecular flexibility index (Phi) is 6.61. The van der Waals surface area contributed by atoms with Gasteiger partial charge in [0.2, 0.25) is 0 Å². The molecule has 0 aromatic heterocycles. The van der Waals surface area contributed by atoms with Crippen molar-refractivity contribution in [2.45, 2.75) is 0 Å². The van der Waals surface area contributed by atoms with Crippen LogP contribution in [0, 0.1) is 0 Å². The molecule has 1 N–H and O–H groups in total. The van der Waals surface area contributed by atoms with Gasteiger partial charge in [-0.3, -0.25) is 5.26 Å². The summed E-state index contributed by atoms with van der Waals surface area (Å²) in [5.74, 6) is 0. The summed E-state index contributed by atoms with van der Waals surface area (Å²) in [5.41, 5.74) is 0. The number of rotatable bonds is 3. The maximum atomic E-state index is 7.92. The molecule has 0 heterocycles. The van der Waals surface area contributed by atoms with E-state index in [2.05, 4.69) is 4.89 Å². The minimum absolute atomic E-state index is 0. The highest BCUT2D eigenvalue weighted by Crippen LogP contribution is 1.86. The second kappa shape index (κ2) is 4.99. The predicted molar refractivity (Wildman–Crippen MR) is 31.5 cm³/mol. The van der Waals surface area contributed by atoms with E-state index >= 15 is 0 Å². The van der Waals surface area contributed by atoms with Gasteiger partial charge >= 0.3 is 0 Å². The molecule has 0 bridgehead atoms. The molecule has 3 nitrogen and oxygen atoms in total. The molecule has 0 atom stereocenters. The summed E-state index contributed by atoms with van der Waals surface area (Å²) in [7, 11) is 6.12. The van der Waals surface area contributed by atoms with E-state index < -0.39 is 0 Å². The molecule has 0 radical (unpaired) electrons. The molecule has 0 rings (SSSR count). The Morgan fingerprint density at radius 3 is 1.89 bits per heavy atom. The summed E-state index contributed by atoms with van der Waals surface area (Å²) in [6.07, 6.45) is 0. The van der Waals surface area contributed by atoms with Crippen LogP contribution in [0.1, 0.15) is 0 Å². The molecule has 58 valence electrons. The molecule has 0 fully saturated rings. The third kappa shape index (κ3) is 11.6. The Hall–Kier alpha value is 0.170. The van der Waals surface area contributed by atoms with Crippen LogP contribution in [0.5, 0.6) is 0 Å². The standard InChI is InChI=1S/C5H13NO2.ClH/c1-6(2,3)4-5-8-7;/h4-5H2,1-3H3;1H. The highest BCUT2D eigenvalue weighted by Gasteiger charge is 2.04. The van der Waals surface area contributed by atoms with E-state index in [0.29, 0.717) is 6.61 Å². The summed E-state index contributed by atoms with van der Waals surface area (Å²) in [6, 6.07) is 0. The van der Waals surface area contributed by atoms with Crippen LogP contribution in [0.15, 0.2) is 0 Å². The lowest BCUT2D eigenvalue weighted by Gasteiger charge is -2.22. The number of hydrogen-bond donors (Lipinski definition) is 1. The second-order valence-corrected chi connectivity index (χ2v) is 2.85. The molecule has 0 aromatic rings. The molecular weight excluding hydrogens is 142 g/mol. The van der Waals surface area contributed by atoms with E-state index in [1.165, 1.54) is 0 Å². The summed E-state index contributed by atoms with van der Waals surface area (Å²) >= 11 is 0. The molecule has 0 aliphatic rings. The van der Waals surface area contributed by atoms with Crippen molar-refractivity contribution in [3.63, 3.8) is 0 Å². The lowest BCUT2D eigenvalue weighted by Crippen LogP contribution is -3.00. The Labute approximate surface area is 62.2 Å². The highest BCUT2D eigenvalue weighted by atomic mass is 35.5. The van der Waals surface area contributed by atoms with Crippen LogP contribution in [0.4, 0.5) is 0 Å². The molecule has 0 amide bonds. The monoisotopic (exact) mass is 155 g/mol. The number of likely N-dealkylation sites (N-methyl/N-ethyl adjacent to an activating group) is 1. The molecule has 0 unspecified atom stereocenters. The molecule has 0 saturated carbocycles. The number of halogens is 1. The maximum absolute atomic E-state index is 7.92.